The Morgan fingerprint density at radius 2 is 1.76 bits per heavy atom. The number of hydrogen-bond donors (Lipinski definition) is 0. The molecule has 0 spiro atoms. The lowest BCUT2D eigenvalue weighted by atomic mass is 10.1. The van der Waals surface area contributed by atoms with E-state index in [1.165, 1.54) is 6.20 Å². The van der Waals surface area contributed by atoms with Gasteiger partial charge in [0.15, 0.2) is 0 Å². The molecule has 6 nitrogen and oxygen atoms in total. The van der Waals surface area contributed by atoms with Crippen LogP contribution >= 0.6 is 0 Å². The molecular weight excluding hydrogens is 386 g/mol. The molecule has 0 radical (unpaired) electrons. The first kappa shape index (κ1) is 19.7. The minimum atomic E-state index is -3.71. The van der Waals surface area contributed by atoms with Gasteiger partial charge in [-0.3, -0.25) is 4.98 Å². The van der Waals surface area contributed by atoms with E-state index in [0.29, 0.717) is 11.4 Å². The molecule has 1 saturated heterocycles. The van der Waals surface area contributed by atoms with Crippen LogP contribution < -0.4 is 9.64 Å². The molecular formula is C22H25N3O3S. The van der Waals surface area contributed by atoms with E-state index in [1.54, 1.807) is 31.4 Å². The first-order valence-corrected chi connectivity index (χ1v) is 11.3. The Morgan fingerprint density at radius 1 is 1.03 bits per heavy atom. The molecule has 2 heterocycles. The normalized spacial score (nSPS) is 15.6. The van der Waals surface area contributed by atoms with Gasteiger partial charge in [0.1, 0.15) is 10.6 Å². The Hall–Kier alpha value is -2.64. The highest BCUT2D eigenvalue weighted by molar-refractivity contribution is 7.91. The molecule has 0 saturated carbocycles. The van der Waals surface area contributed by atoms with Crippen molar-refractivity contribution in [2.24, 2.45) is 0 Å². The van der Waals surface area contributed by atoms with Crippen LogP contribution in [0.1, 0.15) is 6.92 Å². The van der Waals surface area contributed by atoms with Crippen molar-refractivity contribution in [1.29, 1.82) is 0 Å². The summed E-state index contributed by atoms with van der Waals surface area (Å²) in [6.07, 6.45) is 1.50. The molecule has 0 unspecified atom stereocenters. The largest absolute Gasteiger partial charge is 0.497 e. The third kappa shape index (κ3) is 3.68. The van der Waals surface area contributed by atoms with Crippen LogP contribution in [0, 0.1) is 0 Å². The molecule has 1 aliphatic rings. The number of likely N-dealkylation sites (N-methyl/N-ethyl adjacent to an activating group) is 1. The number of ether oxygens (including phenoxy) is 1. The number of anilines is 1. The fraction of sp³-hybridized carbons (Fsp3) is 0.318. The Kier molecular flexibility index (Phi) is 5.43. The number of piperazine rings is 1. The predicted octanol–water partition coefficient (Wildman–Crippen LogP) is 3.22. The number of aromatic nitrogens is 1. The van der Waals surface area contributed by atoms with Crippen molar-refractivity contribution >= 4 is 26.4 Å². The lowest BCUT2D eigenvalue weighted by Crippen LogP contribution is -2.46. The van der Waals surface area contributed by atoms with Crippen molar-refractivity contribution in [3.05, 3.63) is 54.7 Å². The van der Waals surface area contributed by atoms with Crippen LogP contribution in [0.15, 0.2) is 64.5 Å². The number of rotatable bonds is 5. The average Bonchev–Trinajstić information content (AvgIpc) is 2.78. The number of methoxy groups -OCH3 is 1. The zero-order valence-electron chi connectivity index (χ0n) is 16.7. The van der Waals surface area contributed by atoms with Crippen LogP contribution in [0.5, 0.6) is 5.75 Å². The summed E-state index contributed by atoms with van der Waals surface area (Å²) in [6.45, 7) is 6.47. The van der Waals surface area contributed by atoms with Crippen molar-refractivity contribution in [2.75, 3.05) is 44.7 Å². The second kappa shape index (κ2) is 8.00. The molecule has 0 N–H and O–H groups in total. The van der Waals surface area contributed by atoms with E-state index in [2.05, 4.69) is 21.7 Å². The molecule has 1 aromatic heterocycles. The van der Waals surface area contributed by atoms with Crippen LogP contribution in [0.3, 0.4) is 0 Å². The second-order valence-electron chi connectivity index (χ2n) is 7.09. The molecule has 1 aliphatic heterocycles. The Bertz CT molecular complexity index is 1110. The zero-order chi connectivity index (χ0) is 20.4. The summed E-state index contributed by atoms with van der Waals surface area (Å²) < 4.78 is 32.4. The monoisotopic (exact) mass is 411 g/mol. The van der Waals surface area contributed by atoms with Crippen LogP contribution in [-0.4, -0.2) is 58.1 Å². The third-order valence-corrected chi connectivity index (χ3v) is 7.26. The highest BCUT2D eigenvalue weighted by Crippen LogP contribution is 2.37. The van der Waals surface area contributed by atoms with Gasteiger partial charge in [-0.1, -0.05) is 25.1 Å². The number of benzene rings is 2. The fourth-order valence-electron chi connectivity index (χ4n) is 3.80. The quantitative estimate of drug-likeness (QED) is 0.642. The number of fused-ring (bicyclic) bond motifs is 1. The first-order valence-electron chi connectivity index (χ1n) is 9.79. The molecule has 0 atom stereocenters. The number of hydrogen-bond acceptors (Lipinski definition) is 6. The van der Waals surface area contributed by atoms with Gasteiger partial charge in [0, 0.05) is 37.8 Å². The highest BCUT2D eigenvalue weighted by Gasteiger charge is 2.28. The topological polar surface area (TPSA) is 62.7 Å². The smallest absolute Gasteiger partial charge is 0.210 e. The predicted molar refractivity (Wildman–Crippen MR) is 115 cm³/mol. The summed E-state index contributed by atoms with van der Waals surface area (Å²) >= 11 is 0. The molecule has 7 heteroatoms. The van der Waals surface area contributed by atoms with Gasteiger partial charge in [0.25, 0.3) is 0 Å². The Morgan fingerprint density at radius 3 is 2.41 bits per heavy atom. The van der Waals surface area contributed by atoms with E-state index in [0.717, 1.165) is 43.6 Å². The van der Waals surface area contributed by atoms with Crippen molar-refractivity contribution in [3.63, 3.8) is 0 Å². The number of sulfone groups is 1. The first-order chi connectivity index (χ1) is 14.0. The minimum absolute atomic E-state index is 0.245. The van der Waals surface area contributed by atoms with Crippen molar-refractivity contribution in [1.82, 2.24) is 9.88 Å². The molecule has 152 valence electrons. The van der Waals surface area contributed by atoms with Gasteiger partial charge in [-0.15, -0.1) is 0 Å². The van der Waals surface area contributed by atoms with Crippen LogP contribution in [0.2, 0.25) is 0 Å². The second-order valence-corrected chi connectivity index (χ2v) is 9.01. The summed E-state index contributed by atoms with van der Waals surface area (Å²) in [7, 11) is -2.10. The molecule has 2 aromatic carbocycles. The maximum absolute atomic E-state index is 13.5. The van der Waals surface area contributed by atoms with E-state index in [1.807, 2.05) is 24.3 Å². The Balaban J connectivity index is 1.92. The third-order valence-electron chi connectivity index (χ3n) is 5.49. The van der Waals surface area contributed by atoms with E-state index >= 15 is 0 Å². The molecule has 0 aliphatic carbocycles. The molecule has 29 heavy (non-hydrogen) atoms. The van der Waals surface area contributed by atoms with Crippen LogP contribution in [-0.2, 0) is 9.84 Å². The van der Waals surface area contributed by atoms with Crippen LogP contribution in [0.4, 0.5) is 5.69 Å². The summed E-state index contributed by atoms with van der Waals surface area (Å²) in [5.41, 5.74) is 1.47. The molecule has 3 aromatic rings. The highest BCUT2D eigenvalue weighted by atomic mass is 32.2. The number of pyridine rings is 1. The van der Waals surface area contributed by atoms with Gasteiger partial charge in [-0.25, -0.2) is 8.42 Å². The standard InChI is InChI=1S/C22H25N3O3S/c1-3-24-11-13-25(14-12-24)22-19-15-17(28-2)9-10-20(19)23-16-21(22)29(26,27)18-7-5-4-6-8-18/h4-10,15-16H,3,11-14H2,1-2H3. The van der Waals surface area contributed by atoms with Gasteiger partial charge in [-0.2, -0.15) is 0 Å². The Labute approximate surface area is 171 Å². The van der Waals surface area contributed by atoms with Gasteiger partial charge in [-0.05, 0) is 36.9 Å². The summed E-state index contributed by atoms with van der Waals surface area (Å²) in [6, 6.07) is 14.2. The zero-order valence-corrected chi connectivity index (χ0v) is 17.5. The van der Waals surface area contributed by atoms with Gasteiger partial charge < -0.3 is 14.5 Å². The van der Waals surface area contributed by atoms with E-state index in [-0.39, 0.29) is 9.79 Å². The van der Waals surface area contributed by atoms with Crippen molar-refractivity contribution < 1.29 is 13.2 Å². The summed E-state index contributed by atoms with van der Waals surface area (Å²) in [4.78, 5) is 9.52. The molecule has 0 bridgehead atoms. The lowest BCUT2D eigenvalue weighted by Gasteiger charge is -2.36. The molecule has 1 fully saturated rings. The van der Waals surface area contributed by atoms with Crippen LogP contribution in [0.25, 0.3) is 10.9 Å². The van der Waals surface area contributed by atoms with Crippen molar-refractivity contribution in [3.8, 4) is 5.75 Å². The molecule has 0 amide bonds. The summed E-state index contributed by atoms with van der Waals surface area (Å²) in [5, 5.41) is 0.798. The van der Waals surface area contributed by atoms with Gasteiger partial charge in [0.05, 0.1) is 23.2 Å². The van der Waals surface area contributed by atoms with Crippen molar-refractivity contribution in [2.45, 2.75) is 16.7 Å². The van der Waals surface area contributed by atoms with Gasteiger partial charge >= 0.3 is 0 Å². The number of nitrogens with zero attached hydrogens (tertiary/aromatic N) is 3. The van der Waals surface area contributed by atoms with E-state index in [4.69, 9.17) is 4.74 Å². The summed E-state index contributed by atoms with van der Waals surface area (Å²) in [5.74, 6) is 0.682. The molecule has 4 rings (SSSR count). The average molecular weight is 412 g/mol. The maximum atomic E-state index is 13.5. The van der Waals surface area contributed by atoms with E-state index < -0.39 is 9.84 Å². The fourth-order valence-corrected chi connectivity index (χ4v) is 5.26. The van der Waals surface area contributed by atoms with Gasteiger partial charge in [0.2, 0.25) is 9.84 Å². The minimum Gasteiger partial charge on any atom is -0.497 e. The van der Waals surface area contributed by atoms with E-state index in [9.17, 15) is 8.42 Å². The SMILES string of the molecule is CCN1CCN(c2c(S(=O)(=O)c3ccccc3)cnc3ccc(OC)cc23)CC1. The maximum Gasteiger partial charge on any atom is 0.210 e. The lowest BCUT2D eigenvalue weighted by molar-refractivity contribution is 0.271.